The number of thiazole rings is 1. The predicted molar refractivity (Wildman–Crippen MR) is 84.8 cm³/mol. The molecular formula is C15H11BrN2OS. The van der Waals surface area contributed by atoms with Gasteiger partial charge in [0.15, 0.2) is 4.80 Å². The van der Waals surface area contributed by atoms with Crippen molar-refractivity contribution in [2.24, 2.45) is 12.0 Å². The first-order valence-electron chi connectivity index (χ1n) is 6.05. The number of fused-ring (bicyclic) bond motifs is 1. The molecule has 0 unspecified atom stereocenters. The summed E-state index contributed by atoms with van der Waals surface area (Å²) < 4.78 is 3.82. The molecule has 0 aliphatic rings. The summed E-state index contributed by atoms with van der Waals surface area (Å²) in [7, 11) is 1.92. The summed E-state index contributed by atoms with van der Waals surface area (Å²) in [4.78, 5) is 17.2. The van der Waals surface area contributed by atoms with E-state index < -0.39 is 0 Å². The highest BCUT2D eigenvalue weighted by Crippen LogP contribution is 2.18. The van der Waals surface area contributed by atoms with Gasteiger partial charge in [-0.3, -0.25) is 4.79 Å². The number of hydrogen-bond donors (Lipinski definition) is 0. The zero-order valence-corrected chi connectivity index (χ0v) is 13.1. The quantitative estimate of drug-likeness (QED) is 0.660. The van der Waals surface area contributed by atoms with E-state index in [0.29, 0.717) is 10.4 Å². The molecule has 1 aromatic heterocycles. The number of aryl methyl sites for hydroxylation is 1. The van der Waals surface area contributed by atoms with Crippen LogP contribution in [0.2, 0.25) is 0 Å². The van der Waals surface area contributed by atoms with Gasteiger partial charge in [-0.1, -0.05) is 35.6 Å². The molecule has 3 nitrogen and oxygen atoms in total. The number of benzene rings is 2. The molecule has 100 valence electrons. The molecule has 1 amide bonds. The van der Waals surface area contributed by atoms with E-state index in [0.717, 1.165) is 14.7 Å². The van der Waals surface area contributed by atoms with Crippen molar-refractivity contribution in [2.45, 2.75) is 0 Å². The number of carbonyl (C=O) groups excluding carboxylic acids is 1. The molecule has 0 saturated carbocycles. The lowest BCUT2D eigenvalue weighted by Crippen LogP contribution is -2.13. The Kier molecular flexibility index (Phi) is 3.54. The van der Waals surface area contributed by atoms with Gasteiger partial charge in [0, 0.05) is 11.5 Å². The number of rotatable bonds is 1. The molecule has 3 rings (SSSR count). The van der Waals surface area contributed by atoms with Gasteiger partial charge < -0.3 is 4.57 Å². The summed E-state index contributed by atoms with van der Waals surface area (Å²) in [5.41, 5.74) is 1.65. The molecule has 0 aliphatic carbocycles. The molecule has 0 saturated heterocycles. The maximum Gasteiger partial charge on any atom is 0.280 e. The Morgan fingerprint density at radius 3 is 2.60 bits per heavy atom. The minimum atomic E-state index is -0.236. The first kappa shape index (κ1) is 13.3. The van der Waals surface area contributed by atoms with E-state index in [1.54, 1.807) is 6.07 Å². The van der Waals surface area contributed by atoms with Crippen molar-refractivity contribution in [1.29, 1.82) is 0 Å². The number of aromatic nitrogens is 1. The van der Waals surface area contributed by atoms with E-state index in [4.69, 9.17) is 0 Å². The number of amides is 1. The predicted octanol–water partition coefficient (Wildman–Crippen LogP) is 3.74. The van der Waals surface area contributed by atoms with E-state index in [2.05, 4.69) is 20.9 Å². The largest absolute Gasteiger partial charge is 0.319 e. The molecule has 1 heterocycles. The summed E-state index contributed by atoms with van der Waals surface area (Å²) in [5, 5.41) is 0. The van der Waals surface area contributed by atoms with Crippen LogP contribution in [-0.4, -0.2) is 10.5 Å². The van der Waals surface area contributed by atoms with Gasteiger partial charge in [0.25, 0.3) is 5.91 Å². The molecule has 0 spiro atoms. The molecular weight excluding hydrogens is 336 g/mol. The number of hydrogen-bond acceptors (Lipinski definition) is 2. The van der Waals surface area contributed by atoms with Crippen LogP contribution in [0.5, 0.6) is 0 Å². The second-order valence-corrected chi connectivity index (χ2v) is 6.17. The SMILES string of the molecule is Cn1c(=NC(=O)c2ccccc2Br)sc2ccccc21. The highest BCUT2D eigenvalue weighted by Gasteiger charge is 2.09. The van der Waals surface area contributed by atoms with Crippen molar-refractivity contribution < 1.29 is 4.79 Å². The number of carbonyl (C=O) groups is 1. The van der Waals surface area contributed by atoms with Crippen molar-refractivity contribution in [2.75, 3.05) is 0 Å². The average molecular weight is 347 g/mol. The third kappa shape index (κ3) is 2.34. The number of halogens is 1. The zero-order valence-electron chi connectivity index (χ0n) is 10.7. The van der Waals surface area contributed by atoms with Gasteiger partial charge in [0.1, 0.15) is 0 Å². The van der Waals surface area contributed by atoms with Crippen LogP contribution in [0.25, 0.3) is 10.2 Å². The molecule has 0 radical (unpaired) electrons. The van der Waals surface area contributed by atoms with Crippen molar-refractivity contribution in [3.8, 4) is 0 Å². The minimum Gasteiger partial charge on any atom is -0.319 e. The summed E-state index contributed by atoms with van der Waals surface area (Å²) >= 11 is 4.89. The third-order valence-electron chi connectivity index (χ3n) is 3.02. The Morgan fingerprint density at radius 2 is 1.85 bits per heavy atom. The maximum atomic E-state index is 12.3. The van der Waals surface area contributed by atoms with E-state index >= 15 is 0 Å². The standard InChI is InChI=1S/C15H11BrN2OS/c1-18-12-8-4-5-9-13(12)20-15(18)17-14(19)10-6-2-3-7-11(10)16/h2-9H,1H3. The van der Waals surface area contributed by atoms with Crippen LogP contribution in [0.4, 0.5) is 0 Å². The smallest absolute Gasteiger partial charge is 0.280 e. The first-order chi connectivity index (χ1) is 9.66. The normalized spacial score (nSPS) is 12.0. The Hall–Kier alpha value is -1.72. The Labute approximate surface area is 128 Å². The van der Waals surface area contributed by atoms with Crippen LogP contribution < -0.4 is 4.80 Å². The monoisotopic (exact) mass is 346 g/mol. The summed E-state index contributed by atoms with van der Waals surface area (Å²) in [6.45, 7) is 0. The van der Waals surface area contributed by atoms with Crippen LogP contribution in [-0.2, 0) is 7.05 Å². The second kappa shape index (κ2) is 5.34. The van der Waals surface area contributed by atoms with Gasteiger partial charge in [-0.15, -0.1) is 0 Å². The minimum absolute atomic E-state index is 0.236. The Balaban J connectivity index is 2.13. The fraction of sp³-hybridized carbons (Fsp3) is 0.0667. The molecule has 20 heavy (non-hydrogen) atoms. The lowest BCUT2D eigenvalue weighted by atomic mass is 10.2. The van der Waals surface area contributed by atoms with Gasteiger partial charge in [0.05, 0.1) is 15.8 Å². The molecule has 2 aromatic carbocycles. The number of nitrogens with zero attached hydrogens (tertiary/aromatic N) is 2. The van der Waals surface area contributed by atoms with E-state index in [-0.39, 0.29) is 5.91 Å². The molecule has 0 aliphatic heterocycles. The topological polar surface area (TPSA) is 34.4 Å². The fourth-order valence-corrected chi connectivity index (χ4v) is 3.44. The lowest BCUT2D eigenvalue weighted by Gasteiger charge is -1.98. The first-order valence-corrected chi connectivity index (χ1v) is 7.66. The van der Waals surface area contributed by atoms with Gasteiger partial charge in [-0.25, -0.2) is 0 Å². The maximum absolute atomic E-state index is 12.3. The molecule has 0 atom stereocenters. The van der Waals surface area contributed by atoms with Crippen molar-refractivity contribution in [3.63, 3.8) is 0 Å². The molecule has 0 fully saturated rings. The van der Waals surface area contributed by atoms with Gasteiger partial charge in [0.2, 0.25) is 0 Å². The van der Waals surface area contributed by atoms with Crippen molar-refractivity contribution in [3.05, 3.63) is 63.4 Å². The van der Waals surface area contributed by atoms with Crippen molar-refractivity contribution >= 4 is 43.4 Å². The average Bonchev–Trinajstić information content (AvgIpc) is 2.76. The second-order valence-electron chi connectivity index (χ2n) is 4.31. The lowest BCUT2D eigenvalue weighted by molar-refractivity contribution is 0.0997. The van der Waals surface area contributed by atoms with Crippen LogP contribution in [0.15, 0.2) is 58.0 Å². The highest BCUT2D eigenvalue weighted by atomic mass is 79.9. The van der Waals surface area contributed by atoms with Gasteiger partial charge in [-0.05, 0) is 40.2 Å². The van der Waals surface area contributed by atoms with Gasteiger partial charge in [-0.2, -0.15) is 4.99 Å². The van der Waals surface area contributed by atoms with Crippen molar-refractivity contribution in [1.82, 2.24) is 4.57 Å². The molecule has 0 bridgehead atoms. The van der Waals surface area contributed by atoms with Crippen LogP contribution in [0.3, 0.4) is 0 Å². The third-order valence-corrected chi connectivity index (χ3v) is 4.82. The fourth-order valence-electron chi connectivity index (χ4n) is 1.97. The Bertz CT molecular complexity index is 863. The van der Waals surface area contributed by atoms with Crippen LogP contribution in [0.1, 0.15) is 10.4 Å². The van der Waals surface area contributed by atoms with E-state index in [1.807, 2.05) is 54.1 Å². The summed E-state index contributed by atoms with van der Waals surface area (Å²) in [6.07, 6.45) is 0. The van der Waals surface area contributed by atoms with Crippen LogP contribution >= 0.6 is 27.3 Å². The van der Waals surface area contributed by atoms with E-state index in [1.165, 1.54) is 11.3 Å². The zero-order chi connectivity index (χ0) is 14.1. The molecule has 3 aromatic rings. The van der Waals surface area contributed by atoms with Gasteiger partial charge >= 0.3 is 0 Å². The highest BCUT2D eigenvalue weighted by molar-refractivity contribution is 9.10. The molecule has 0 N–H and O–H groups in total. The molecule has 5 heteroatoms. The summed E-state index contributed by atoms with van der Waals surface area (Å²) in [5.74, 6) is -0.236. The van der Waals surface area contributed by atoms with E-state index in [9.17, 15) is 4.79 Å². The Morgan fingerprint density at radius 1 is 1.15 bits per heavy atom. The number of para-hydroxylation sites is 1. The van der Waals surface area contributed by atoms with Crippen LogP contribution in [0, 0.1) is 0 Å². The summed E-state index contributed by atoms with van der Waals surface area (Å²) in [6, 6.07) is 15.3.